The summed E-state index contributed by atoms with van der Waals surface area (Å²) in [6.45, 7) is 0.698. The Morgan fingerprint density at radius 3 is 2.80 bits per heavy atom. The Morgan fingerprint density at radius 1 is 1.30 bits per heavy atom. The number of rotatable bonds is 4. The van der Waals surface area contributed by atoms with Gasteiger partial charge in [-0.15, -0.1) is 0 Å². The monoisotopic (exact) mass is 337 g/mol. The molecule has 2 aliphatic rings. The van der Waals surface area contributed by atoms with Gasteiger partial charge in [-0.3, -0.25) is 0 Å². The average molecular weight is 338 g/mol. The van der Waals surface area contributed by atoms with E-state index >= 15 is 0 Å². The van der Waals surface area contributed by atoms with Crippen molar-refractivity contribution in [2.45, 2.75) is 62.6 Å². The number of halogens is 1. The van der Waals surface area contributed by atoms with Gasteiger partial charge in [-0.25, -0.2) is 0 Å². The second-order valence-corrected chi connectivity index (χ2v) is 7.31. The Kier molecular flexibility index (Phi) is 4.49. The molecule has 3 rings (SSSR count). The summed E-state index contributed by atoms with van der Waals surface area (Å²) >= 11 is 3.55. The summed E-state index contributed by atoms with van der Waals surface area (Å²) in [5, 5.41) is 0. The Morgan fingerprint density at radius 2 is 2.10 bits per heavy atom. The number of benzene rings is 1. The topological polar surface area (TPSA) is 35.2 Å². The van der Waals surface area contributed by atoms with Gasteiger partial charge in [0.2, 0.25) is 0 Å². The van der Waals surface area contributed by atoms with Crippen LogP contribution in [0.4, 0.5) is 0 Å². The Labute approximate surface area is 130 Å². The van der Waals surface area contributed by atoms with Crippen molar-refractivity contribution in [3.63, 3.8) is 0 Å². The van der Waals surface area contributed by atoms with Gasteiger partial charge in [0.25, 0.3) is 0 Å². The highest BCUT2D eigenvalue weighted by Crippen LogP contribution is 2.45. The summed E-state index contributed by atoms with van der Waals surface area (Å²) in [6, 6.07) is 8.53. The number of hydrogen-bond acceptors (Lipinski definition) is 2. The smallest absolute Gasteiger partial charge is 0.0687 e. The average Bonchev–Trinajstić information content (AvgIpc) is 3.07. The first kappa shape index (κ1) is 14.6. The van der Waals surface area contributed by atoms with Crippen LogP contribution < -0.4 is 5.73 Å². The lowest BCUT2D eigenvalue weighted by atomic mass is 9.91. The summed E-state index contributed by atoms with van der Waals surface area (Å²) < 4.78 is 7.56. The van der Waals surface area contributed by atoms with E-state index in [0.29, 0.717) is 18.6 Å². The molecule has 1 aromatic carbocycles. The van der Waals surface area contributed by atoms with Crippen molar-refractivity contribution in [3.05, 3.63) is 34.3 Å². The lowest BCUT2D eigenvalue weighted by Crippen LogP contribution is -2.26. The van der Waals surface area contributed by atoms with E-state index in [2.05, 4.69) is 40.2 Å². The molecule has 3 heteroatoms. The second-order valence-electron chi connectivity index (χ2n) is 6.39. The van der Waals surface area contributed by atoms with Crippen molar-refractivity contribution < 1.29 is 4.74 Å². The first-order chi connectivity index (χ1) is 9.71. The lowest BCUT2D eigenvalue weighted by molar-refractivity contribution is -0.0408. The van der Waals surface area contributed by atoms with Gasteiger partial charge in [-0.2, -0.15) is 0 Å². The van der Waals surface area contributed by atoms with Gasteiger partial charge < -0.3 is 10.5 Å². The highest BCUT2D eigenvalue weighted by molar-refractivity contribution is 9.10. The molecular formula is C17H24BrNO. The molecule has 2 nitrogen and oxygen atoms in total. The fourth-order valence-corrected chi connectivity index (χ4v) is 4.31. The fraction of sp³-hybridized carbons (Fsp3) is 0.647. The Balaban J connectivity index is 1.64. The highest BCUT2D eigenvalue weighted by atomic mass is 79.9. The van der Waals surface area contributed by atoms with Gasteiger partial charge in [0, 0.05) is 4.47 Å². The SMILES string of the molecule is NCC(CC1CCC2(CCCC2)O1)c1cccc(Br)c1. The summed E-state index contributed by atoms with van der Waals surface area (Å²) in [6.07, 6.45) is 9.17. The van der Waals surface area contributed by atoms with Gasteiger partial charge in [0.15, 0.2) is 0 Å². The minimum absolute atomic E-state index is 0.237. The number of ether oxygens (including phenoxy) is 1. The largest absolute Gasteiger partial charge is 0.372 e. The van der Waals surface area contributed by atoms with Crippen LogP contribution in [0.15, 0.2) is 28.7 Å². The molecule has 2 atom stereocenters. The zero-order chi connectivity index (χ0) is 14.0. The molecule has 2 N–H and O–H groups in total. The van der Waals surface area contributed by atoms with E-state index in [1.54, 1.807) is 0 Å². The van der Waals surface area contributed by atoms with Crippen LogP contribution in [0.25, 0.3) is 0 Å². The zero-order valence-electron chi connectivity index (χ0n) is 12.0. The van der Waals surface area contributed by atoms with Crippen LogP contribution in [0.2, 0.25) is 0 Å². The van der Waals surface area contributed by atoms with Crippen LogP contribution in [0.5, 0.6) is 0 Å². The van der Waals surface area contributed by atoms with Crippen LogP contribution in [0.1, 0.15) is 56.4 Å². The fourth-order valence-electron chi connectivity index (χ4n) is 3.89. The van der Waals surface area contributed by atoms with Crippen molar-refractivity contribution in [2.24, 2.45) is 5.73 Å². The molecule has 2 fully saturated rings. The summed E-state index contributed by atoms with van der Waals surface area (Å²) in [7, 11) is 0. The van der Waals surface area contributed by atoms with Gasteiger partial charge in [0.05, 0.1) is 11.7 Å². The molecule has 110 valence electrons. The van der Waals surface area contributed by atoms with Crippen LogP contribution in [-0.2, 0) is 4.74 Å². The highest BCUT2D eigenvalue weighted by Gasteiger charge is 2.42. The second kappa shape index (κ2) is 6.17. The van der Waals surface area contributed by atoms with E-state index < -0.39 is 0 Å². The Bertz CT molecular complexity index is 456. The van der Waals surface area contributed by atoms with Gasteiger partial charge in [-0.1, -0.05) is 40.9 Å². The third kappa shape index (κ3) is 3.10. The quantitative estimate of drug-likeness (QED) is 0.885. The van der Waals surface area contributed by atoms with Crippen LogP contribution in [0.3, 0.4) is 0 Å². The molecule has 1 heterocycles. The standard InChI is InChI=1S/C17H24BrNO/c18-15-5-3-4-13(10-15)14(12-19)11-16-6-9-17(20-16)7-1-2-8-17/h3-5,10,14,16H,1-2,6-9,11-12,19H2. The van der Waals surface area contributed by atoms with Gasteiger partial charge >= 0.3 is 0 Å². The molecule has 0 amide bonds. The predicted octanol–water partition coefficient (Wildman–Crippen LogP) is 4.37. The zero-order valence-corrected chi connectivity index (χ0v) is 13.6. The number of nitrogens with two attached hydrogens (primary N) is 1. The molecule has 1 aliphatic heterocycles. The summed E-state index contributed by atoms with van der Waals surface area (Å²) in [5.41, 5.74) is 7.58. The van der Waals surface area contributed by atoms with Crippen LogP contribution in [-0.4, -0.2) is 18.2 Å². The molecule has 2 unspecified atom stereocenters. The first-order valence-corrected chi connectivity index (χ1v) is 8.63. The lowest BCUT2D eigenvalue weighted by Gasteiger charge is -2.25. The van der Waals surface area contributed by atoms with Gasteiger partial charge in [0.1, 0.15) is 0 Å². The molecule has 0 bridgehead atoms. The third-order valence-electron chi connectivity index (χ3n) is 5.01. The van der Waals surface area contributed by atoms with Crippen molar-refractivity contribution in [2.75, 3.05) is 6.54 Å². The van der Waals surface area contributed by atoms with Crippen molar-refractivity contribution in [1.82, 2.24) is 0 Å². The number of hydrogen-bond donors (Lipinski definition) is 1. The van der Waals surface area contributed by atoms with E-state index in [-0.39, 0.29) is 5.60 Å². The molecule has 1 aromatic rings. The summed E-state index contributed by atoms with van der Waals surface area (Å²) in [4.78, 5) is 0. The van der Waals surface area contributed by atoms with Crippen molar-refractivity contribution in [3.8, 4) is 0 Å². The minimum atomic E-state index is 0.237. The van der Waals surface area contributed by atoms with E-state index in [9.17, 15) is 0 Å². The first-order valence-electron chi connectivity index (χ1n) is 7.84. The maximum atomic E-state index is 6.43. The van der Waals surface area contributed by atoms with Crippen molar-refractivity contribution in [1.29, 1.82) is 0 Å². The maximum absolute atomic E-state index is 6.43. The van der Waals surface area contributed by atoms with Gasteiger partial charge in [-0.05, 0) is 62.3 Å². The van der Waals surface area contributed by atoms with E-state index in [4.69, 9.17) is 10.5 Å². The molecule has 1 saturated heterocycles. The molecular weight excluding hydrogens is 314 g/mol. The van der Waals surface area contributed by atoms with E-state index in [1.165, 1.54) is 44.1 Å². The van der Waals surface area contributed by atoms with Crippen molar-refractivity contribution >= 4 is 15.9 Å². The molecule has 0 radical (unpaired) electrons. The van der Waals surface area contributed by atoms with Crippen LogP contribution in [0, 0.1) is 0 Å². The third-order valence-corrected chi connectivity index (χ3v) is 5.50. The minimum Gasteiger partial charge on any atom is -0.372 e. The van der Waals surface area contributed by atoms with E-state index in [1.807, 2.05) is 0 Å². The Hall–Kier alpha value is -0.380. The molecule has 20 heavy (non-hydrogen) atoms. The molecule has 1 aliphatic carbocycles. The molecule has 0 aromatic heterocycles. The normalized spacial score (nSPS) is 26.2. The maximum Gasteiger partial charge on any atom is 0.0687 e. The molecule has 1 spiro atoms. The van der Waals surface area contributed by atoms with Crippen LogP contribution >= 0.6 is 15.9 Å². The summed E-state index contributed by atoms with van der Waals surface area (Å²) in [5.74, 6) is 0.411. The van der Waals surface area contributed by atoms with E-state index in [0.717, 1.165) is 10.9 Å². The predicted molar refractivity (Wildman–Crippen MR) is 85.9 cm³/mol. The molecule has 1 saturated carbocycles.